The van der Waals surface area contributed by atoms with Gasteiger partial charge in [-0.2, -0.15) is 0 Å². The fourth-order valence-corrected chi connectivity index (χ4v) is 1.99. The zero-order valence-electron chi connectivity index (χ0n) is 9.85. The third kappa shape index (κ3) is 2.57. The van der Waals surface area contributed by atoms with E-state index in [9.17, 15) is 0 Å². The molecule has 0 spiro atoms. The van der Waals surface area contributed by atoms with Crippen LogP contribution in [0.5, 0.6) is 5.88 Å². The molecule has 1 aliphatic rings. The average molecular weight is 235 g/mol. The van der Waals surface area contributed by atoms with Crippen LogP contribution in [0.1, 0.15) is 24.4 Å². The van der Waals surface area contributed by atoms with Gasteiger partial charge in [-0.15, -0.1) is 0 Å². The third-order valence-corrected chi connectivity index (χ3v) is 2.80. The second kappa shape index (κ2) is 5.65. The summed E-state index contributed by atoms with van der Waals surface area (Å²) in [5, 5.41) is 0. The molecule has 0 amide bonds. The molecule has 1 aliphatic heterocycles. The van der Waals surface area contributed by atoms with Crippen LogP contribution in [0.15, 0.2) is 30.2 Å². The van der Waals surface area contributed by atoms with E-state index in [1.807, 2.05) is 12.1 Å². The van der Waals surface area contributed by atoms with Gasteiger partial charge >= 0.3 is 0 Å². The van der Waals surface area contributed by atoms with Gasteiger partial charge in [0.05, 0.1) is 26.0 Å². The SMILES string of the molecule is COc1ncccc1C(NN)C1=COCCC1. The molecule has 3 N–H and O–H groups in total. The van der Waals surface area contributed by atoms with Crippen molar-refractivity contribution in [2.45, 2.75) is 18.9 Å². The molecule has 17 heavy (non-hydrogen) atoms. The first kappa shape index (κ1) is 11.9. The van der Waals surface area contributed by atoms with Crippen molar-refractivity contribution in [2.24, 2.45) is 5.84 Å². The Labute approximate surface area is 101 Å². The number of rotatable bonds is 4. The molecule has 5 nitrogen and oxygen atoms in total. The van der Waals surface area contributed by atoms with Crippen LogP contribution in [0.2, 0.25) is 0 Å². The molecule has 0 aromatic carbocycles. The van der Waals surface area contributed by atoms with E-state index in [-0.39, 0.29) is 6.04 Å². The van der Waals surface area contributed by atoms with Crippen molar-refractivity contribution in [2.75, 3.05) is 13.7 Å². The smallest absolute Gasteiger partial charge is 0.218 e. The quantitative estimate of drug-likeness (QED) is 0.608. The van der Waals surface area contributed by atoms with Gasteiger partial charge in [0, 0.05) is 11.8 Å². The molecule has 1 atom stereocenters. The molecule has 0 saturated carbocycles. The first-order chi connectivity index (χ1) is 8.36. The van der Waals surface area contributed by atoms with Crippen molar-refractivity contribution < 1.29 is 9.47 Å². The Balaban J connectivity index is 2.31. The van der Waals surface area contributed by atoms with Gasteiger partial charge in [-0.25, -0.2) is 10.4 Å². The maximum atomic E-state index is 5.63. The average Bonchev–Trinajstić information content (AvgIpc) is 2.41. The van der Waals surface area contributed by atoms with Crippen molar-refractivity contribution in [3.8, 4) is 5.88 Å². The Morgan fingerprint density at radius 2 is 2.47 bits per heavy atom. The predicted molar refractivity (Wildman–Crippen MR) is 64.1 cm³/mol. The van der Waals surface area contributed by atoms with E-state index in [1.165, 1.54) is 0 Å². The van der Waals surface area contributed by atoms with E-state index in [2.05, 4.69) is 10.4 Å². The van der Waals surface area contributed by atoms with Gasteiger partial charge in [0.25, 0.3) is 0 Å². The summed E-state index contributed by atoms with van der Waals surface area (Å²) in [5.74, 6) is 6.21. The number of nitrogens with zero attached hydrogens (tertiary/aromatic N) is 1. The van der Waals surface area contributed by atoms with Crippen LogP contribution >= 0.6 is 0 Å². The van der Waals surface area contributed by atoms with Gasteiger partial charge in [0.2, 0.25) is 5.88 Å². The van der Waals surface area contributed by atoms with Gasteiger partial charge in [-0.05, 0) is 24.5 Å². The van der Waals surface area contributed by atoms with Crippen molar-refractivity contribution in [3.05, 3.63) is 35.7 Å². The van der Waals surface area contributed by atoms with Crippen LogP contribution in [-0.2, 0) is 4.74 Å². The molecule has 1 aromatic rings. The van der Waals surface area contributed by atoms with Gasteiger partial charge in [-0.3, -0.25) is 5.84 Å². The minimum Gasteiger partial charge on any atom is -0.501 e. The Kier molecular flexibility index (Phi) is 3.95. The van der Waals surface area contributed by atoms with E-state index in [0.717, 1.165) is 30.6 Å². The van der Waals surface area contributed by atoms with Crippen molar-refractivity contribution in [1.82, 2.24) is 10.4 Å². The molecule has 0 saturated heterocycles. The van der Waals surface area contributed by atoms with Crippen LogP contribution in [0.4, 0.5) is 0 Å². The standard InChI is InChI=1S/C12H17N3O2/c1-16-12-10(5-2-6-14-12)11(15-13)9-4-3-7-17-8-9/h2,5-6,8,11,15H,3-4,7,13H2,1H3. The number of hydrogen-bond donors (Lipinski definition) is 2. The van der Waals surface area contributed by atoms with Crippen molar-refractivity contribution >= 4 is 0 Å². The molecule has 1 unspecified atom stereocenters. The van der Waals surface area contributed by atoms with Crippen LogP contribution in [0, 0.1) is 0 Å². The minimum atomic E-state index is -0.112. The third-order valence-electron chi connectivity index (χ3n) is 2.80. The molecular formula is C12H17N3O2. The minimum absolute atomic E-state index is 0.112. The summed E-state index contributed by atoms with van der Waals surface area (Å²) in [7, 11) is 1.60. The van der Waals surface area contributed by atoms with E-state index in [0.29, 0.717) is 5.88 Å². The lowest BCUT2D eigenvalue weighted by Crippen LogP contribution is -2.30. The maximum absolute atomic E-state index is 5.63. The zero-order chi connectivity index (χ0) is 12.1. The van der Waals surface area contributed by atoms with Crippen LogP contribution in [0.3, 0.4) is 0 Å². The molecule has 0 radical (unpaired) electrons. The molecule has 0 fully saturated rings. The molecule has 5 heteroatoms. The van der Waals surface area contributed by atoms with Gasteiger partial charge in [0.15, 0.2) is 0 Å². The normalized spacial score (nSPS) is 16.9. The number of hydrogen-bond acceptors (Lipinski definition) is 5. The number of nitrogens with one attached hydrogen (secondary N) is 1. The van der Waals surface area contributed by atoms with Crippen molar-refractivity contribution in [1.29, 1.82) is 0 Å². The Morgan fingerprint density at radius 1 is 1.59 bits per heavy atom. The Bertz CT molecular complexity index is 406. The molecular weight excluding hydrogens is 218 g/mol. The number of methoxy groups -OCH3 is 1. The fourth-order valence-electron chi connectivity index (χ4n) is 1.99. The van der Waals surface area contributed by atoms with Gasteiger partial charge in [-0.1, -0.05) is 6.07 Å². The second-order valence-corrected chi connectivity index (χ2v) is 3.87. The second-order valence-electron chi connectivity index (χ2n) is 3.87. The summed E-state index contributed by atoms with van der Waals surface area (Å²) < 4.78 is 10.6. The largest absolute Gasteiger partial charge is 0.501 e. The number of hydrazine groups is 1. The first-order valence-corrected chi connectivity index (χ1v) is 5.62. The topological polar surface area (TPSA) is 69.4 Å². The molecule has 1 aromatic heterocycles. The highest BCUT2D eigenvalue weighted by Gasteiger charge is 2.21. The number of pyridine rings is 1. The van der Waals surface area contributed by atoms with E-state index in [4.69, 9.17) is 15.3 Å². The fraction of sp³-hybridized carbons (Fsp3) is 0.417. The number of ether oxygens (including phenoxy) is 2. The summed E-state index contributed by atoms with van der Waals surface area (Å²) >= 11 is 0. The summed E-state index contributed by atoms with van der Waals surface area (Å²) in [6.45, 7) is 0.769. The summed E-state index contributed by atoms with van der Waals surface area (Å²) in [6.07, 6.45) is 5.45. The van der Waals surface area contributed by atoms with E-state index >= 15 is 0 Å². The highest BCUT2D eigenvalue weighted by Crippen LogP contribution is 2.31. The number of aromatic nitrogens is 1. The summed E-state index contributed by atoms with van der Waals surface area (Å²) in [6, 6.07) is 3.71. The predicted octanol–water partition coefficient (Wildman–Crippen LogP) is 1.29. The molecule has 2 rings (SSSR count). The Morgan fingerprint density at radius 3 is 3.12 bits per heavy atom. The lowest BCUT2D eigenvalue weighted by Gasteiger charge is -2.23. The van der Waals surface area contributed by atoms with E-state index < -0.39 is 0 Å². The van der Waals surface area contributed by atoms with Gasteiger partial charge < -0.3 is 9.47 Å². The van der Waals surface area contributed by atoms with Crippen molar-refractivity contribution in [3.63, 3.8) is 0 Å². The molecule has 92 valence electrons. The zero-order valence-corrected chi connectivity index (χ0v) is 9.85. The van der Waals surface area contributed by atoms with Gasteiger partial charge in [0.1, 0.15) is 0 Å². The summed E-state index contributed by atoms with van der Waals surface area (Å²) in [4.78, 5) is 4.18. The maximum Gasteiger partial charge on any atom is 0.218 e. The molecule has 0 bridgehead atoms. The monoisotopic (exact) mass is 235 g/mol. The van der Waals surface area contributed by atoms with Crippen LogP contribution in [0.25, 0.3) is 0 Å². The van der Waals surface area contributed by atoms with Crippen LogP contribution < -0.4 is 16.0 Å². The number of nitrogens with two attached hydrogens (primary N) is 1. The first-order valence-electron chi connectivity index (χ1n) is 5.62. The lowest BCUT2D eigenvalue weighted by atomic mass is 9.96. The summed E-state index contributed by atoms with van der Waals surface area (Å²) in [5.41, 5.74) is 4.84. The molecule has 0 aliphatic carbocycles. The lowest BCUT2D eigenvalue weighted by molar-refractivity contribution is 0.219. The Hall–Kier alpha value is -1.59. The highest BCUT2D eigenvalue weighted by atomic mass is 16.5. The van der Waals surface area contributed by atoms with Crippen LogP contribution in [-0.4, -0.2) is 18.7 Å². The highest BCUT2D eigenvalue weighted by molar-refractivity contribution is 5.35. The van der Waals surface area contributed by atoms with E-state index in [1.54, 1.807) is 19.6 Å². The molecule has 2 heterocycles.